The number of hydrogen-bond donors (Lipinski definition) is 3. The highest BCUT2D eigenvalue weighted by atomic mass is 16.4. The van der Waals surface area contributed by atoms with Crippen molar-refractivity contribution in [3.8, 4) is 0 Å². The molecule has 1 aliphatic carbocycles. The molecule has 0 radical (unpaired) electrons. The summed E-state index contributed by atoms with van der Waals surface area (Å²) in [5, 5.41) is 14.5. The van der Waals surface area contributed by atoms with E-state index in [1.807, 2.05) is 6.92 Å². The first-order valence-corrected chi connectivity index (χ1v) is 7.31. The second kappa shape index (κ2) is 8.55. The summed E-state index contributed by atoms with van der Waals surface area (Å²) in [5.41, 5.74) is 0. The van der Waals surface area contributed by atoms with Crippen molar-refractivity contribution < 1.29 is 19.5 Å². The van der Waals surface area contributed by atoms with E-state index in [1.54, 1.807) is 0 Å². The maximum Gasteiger partial charge on any atom is 0.306 e. The van der Waals surface area contributed by atoms with Gasteiger partial charge in [0, 0.05) is 25.4 Å². The Balaban J connectivity index is 2.17. The average Bonchev–Trinajstić information content (AvgIpc) is 2.43. The maximum absolute atomic E-state index is 11.7. The Morgan fingerprint density at radius 3 is 2.20 bits per heavy atom. The van der Waals surface area contributed by atoms with Gasteiger partial charge in [-0.2, -0.15) is 0 Å². The van der Waals surface area contributed by atoms with Gasteiger partial charge in [-0.25, -0.2) is 0 Å². The normalized spacial score (nSPS) is 22.1. The van der Waals surface area contributed by atoms with E-state index in [0.29, 0.717) is 32.2 Å². The van der Waals surface area contributed by atoms with Gasteiger partial charge in [-0.15, -0.1) is 0 Å². The Hall–Kier alpha value is -1.59. The fourth-order valence-electron chi connectivity index (χ4n) is 2.36. The molecule has 0 heterocycles. The molecule has 0 unspecified atom stereocenters. The number of aliphatic carboxylic acids is 1. The summed E-state index contributed by atoms with van der Waals surface area (Å²) in [5.74, 6) is -1.25. The van der Waals surface area contributed by atoms with Crippen LogP contribution in [-0.2, 0) is 14.4 Å². The van der Waals surface area contributed by atoms with Gasteiger partial charge in [0.15, 0.2) is 0 Å². The summed E-state index contributed by atoms with van der Waals surface area (Å²) < 4.78 is 0. The SMILES string of the molecule is CCCNC(=O)CCC(=O)NC1CCC(C(=O)O)CC1. The Kier molecular flexibility index (Phi) is 7.04. The average molecular weight is 284 g/mol. The third kappa shape index (κ3) is 6.04. The van der Waals surface area contributed by atoms with Crippen molar-refractivity contribution in [3.63, 3.8) is 0 Å². The summed E-state index contributed by atoms with van der Waals surface area (Å²) in [6.07, 6.45) is 3.89. The predicted molar refractivity (Wildman–Crippen MR) is 74.1 cm³/mol. The van der Waals surface area contributed by atoms with Gasteiger partial charge in [0.25, 0.3) is 0 Å². The van der Waals surface area contributed by atoms with Gasteiger partial charge in [0.2, 0.25) is 11.8 Å². The second-order valence-corrected chi connectivity index (χ2v) is 5.30. The number of rotatable bonds is 7. The fraction of sp³-hybridized carbons (Fsp3) is 0.786. The highest BCUT2D eigenvalue weighted by Gasteiger charge is 2.26. The molecule has 0 saturated heterocycles. The topological polar surface area (TPSA) is 95.5 Å². The van der Waals surface area contributed by atoms with E-state index >= 15 is 0 Å². The van der Waals surface area contributed by atoms with Crippen LogP contribution in [-0.4, -0.2) is 35.5 Å². The highest BCUT2D eigenvalue weighted by Crippen LogP contribution is 2.24. The predicted octanol–water partition coefficient (Wildman–Crippen LogP) is 1.05. The van der Waals surface area contributed by atoms with E-state index in [0.717, 1.165) is 6.42 Å². The lowest BCUT2D eigenvalue weighted by Gasteiger charge is -2.26. The van der Waals surface area contributed by atoms with Crippen LogP contribution >= 0.6 is 0 Å². The molecule has 3 N–H and O–H groups in total. The van der Waals surface area contributed by atoms with E-state index in [4.69, 9.17) is 5.11 Å². The van der Waals surface area contributed by atoms with Gasteiger partial charge < -0.3 is 15.7 Å². The Morgan fingerprint density at radius 2 is 1.65 bits per heavy atom. The molecule has 0 spiro atoms. The zero-order chi connectivity index (χ0) is 15.0. The molecule has 6 nitrogen and oxygen atoms in total. The number of amides is 2. The van der Waals surface area contributed by atoms with Crippen LogP contribution in [0.25, 0.3) is 0 Å². The van der Waals surface area contributed by atoms with Gasteiger partial charge in [-0.1, -0.05) is 6.92 Å². The van der Waals surface area contributed by atoms with Crippen molar-refractivity contribution in [2.75, 3.05) is 6.54 Å². The van der Waals surface area contributed by atoms with E-state index < -0.39 is 5.97 Å². The Morgan fingerprint density at radius 1 is 1.05 bits per heavy atom. The van der Waals surface area contributed by atoms with Crippen molar-refractivity contribution in [2.45, 2.75) is 57.9 Å². The highest BCUT2D eigenvalue weighted by molar-refractivity contribution is 5.83. The minimum Gasteiger partial charge on any atom is -0.481 e. The maximum atomic E-state index is 11.7. The van der Waals surface area contributed by atoms with Crippen LogP contribution in [0.3, 0.4) is 0 Å². The van der Waals surface area contributed by atoms with Crippen LogP contribution in [0.5, 0.6) is 0 Å². The molecule has 0 atom stereocenters. The third-order valence-corrected chi connectivity index (χ3v) is 3.59. The Labute approximate surface area is 119 Å². The van der Waals surface area contributed by atoms with Crippen molar-refractivity contribution in [3.05, 3.63) is 0 Å². The zero-order valence-electron chi connectivity index (χ0n) is 12.0. The van der Waals surface area contributed by atoms with E-state index in [1.165, 1.54) is 0 Å². The van der Waals surface area contributed by atoms with Crippen LogP contribution in [0.15, 0.2) is 0 Å². The largest absolute Gasteiger partial charge is 0.481 e. The van der Waals surface area contributed by atoms with Crippen LogP contribution in [0.1, 0.15) is 51.9 Å². The van der Waals surface area contributed by atoms with Gasteiger partial charge in [0.05, 0.1) is 5.92 Å². The van der Waals surface area contributed by atoms with Gasteiger partial charge in [-0.3, -0.25) is 14.4 Å². The van der Waals surface area contributed by atoms with Gasteiger partial charge in [0.1, 0.15) is 0 Å². The van der Waals surface area contributed by atoms with Gasteiger partial charge >= 0.3 is 5.97 Å². The molecule has 1 fully saturated rings. The first-order chi connectivity index (χ1) is 9.52. The zero-order valence-corrected chi connectivity index (χ0v) is 12.0. The van der Waals surface area contributed by atoms with Crippen molar-refractivity contribution in [1.82, 2.24) is 10.6 Å². The monoisotopic (exact) mass is 284 g/mol. The Bertz CT molecular complexity index is 349. The minimum absolute atomic E-state index is 0.0526. The molecule has 0 aromatic heterocycles. The summed E-state index contributed by atoms with van der Waals surface area (Å²) in [6, 6.07) is 0.0526. The molecule has 1 saturated carbocycles. The fourth-order valence-corrected chi connectivity index (χ4v) is 2.36. The number of nitrogens with one attached hydrogen (secondary N) is 2. The molecule has 1 aliphatic rings. The van der Waals surface area contributed by atoms with E-state index in [9.17, 15) is 14.4 Å². The van der Waals surface area contributed by atoms with E-state index in [-0.39, 0.29) is 36.6 Å². The molecule has 0 aromatic carbocycles. The first-order valence-electron chi connectivity index (χ1n) is 7.31. The molecular formula is C14H24N2O4. The number of carboxylic acid groups (broad SMARTS) is 1. The van der Waals surface area contributed by atoms with Gasteiger partial charge in [-0.05, 0) is 32.1 Å². The van der Waals surface area contributed by atoms with Crippen molar-refractivity contribution >= 4 is 17.8 Å². The number of hydrogen-bond acceptors (Lipinski definition) is 3. The molecule has 20 heavy (non-hydrogen) atoms. The first kappa shape index (κ1) is 16.5. The number of carbonyl (C=O) groups excluding carboxylic acids is 2. The lowest BCUT2D eigenvalue weighted by molar-refractivity contribution is -0.142. The lowest BCUT2D eigenvalue weighted by Crippen LogP contribution is -2.39. The quantitative estimate of drug-likeness (QED) is 0.651. The van der Waals surface area contributed by atoms with Crippen LogP contribution in [0.2, 0.25) is 0 Å². The molecular weight excluding hydrogens is 260 g/mol. The van der Waals surface area contributed by atoms with E-state index in [2.05, 4.69) is 10.6 Å². The minimum atomic E-state index is -0.748. The molecule has 6 heteroatoms. The number of carbonyl (C=O) groups is 3. The molecule has 2 amide bonds. The molecule has 1 rings (SSSR count). The molecule has 0 aromatic rings. The van der Waals surface area contributed by atoms with Crippen LogP contribution < -0.4 is 10.6 Å². The summed E-state index contributed by atoms with van der Waals surface area (Å²) in [6.45, 7) is 2.61. The molecule has 0 bridgehead atoms. The van der Waals surface area contributed by atoms with Crippen LogP contribution in [0.4, 0.5) is 0 Å². The van der Waals surface area contributed by atoms with Crippen molar-refractivity contribution in [1.29, 1.82) is 0 Å². The third-order valence-electron chi connectivity index (χ3n) is 3.59. The summed E-state index contributed by atoms with van der Waals surface area (Å²) in [7, 11) is 0. The lowest BCUT2D eigenvalue weighted by atomic mass is 9.86. The molecule has 114 valence electrons. The molecule has 0 aliphatic heterocycles. The second-order valence-electron chi connectivity index (χ2n) is 5.30. The van der Waals surface area contributed by atoms with Crippen LogP contribution in [0, 0.1) is 5.92 Å². The van der Waals surface area contributed by atoms with Crippen molar-refractivity contribution in [2.24, 2.45) is 5.92 Å². The smallest absolute Gasteiger partial charge is 0.306 e. The standard InChI is InChI=1S/C14H24N2O4/c1-2-9-15-12(17)7-8-13(18)16-11-5-3-10(4-6-11)14(19)20/h10-11H,2-9H2,1H3,(H,15,17)(H,16,18)(H,19,20). The summed E-state index contributed by atoms with van der Waals surface area (Å²) >= 11 is 0. The number of carboxylic acids is 1. The summed E-state index contributed by atoms with van der Waals surface area (Å²) in [4.78, 5) is 33.9.